The van der Waals surface area contributed by atoms with E-state index in [0.717, 1.165) is 4.90 Å². The summed E-state index contributed by atoms with van der Waals surface area (Å²) in [5, 5.41) is 2.13. The number of para-hydroxylation sites is 2. The van der Waals surface area contributed by atoms with Crippen LogP contribution in [0.3, 0.4) is 0 Å². The molecular formula is C14H16N2O5. The first-order chi connectivity index (χ1) is 10.1. The van der Waals surface area contributed by atoms with Gasteiger partial charge in [-0.05, 0) is 19.1 Å². The third-order valence-corrected chi connectivity index (χ3v) is 2.80. The number of piperazine rings is 1. The molecule has 0 aromatic heterocycles. The number of carbonyl (C=O) groups excluding carboxylic acids is 3. The van der Waals surface area contributed by atoms with Crippen molar-refractivity contribution in [3.63, 3.8) is 0 Å². The Bertz CT molecular complexity index is 542. The minimum absolute atomic E-state index is 0.138. The number of benzene rings is 1. The summed E-state index contributed by atoms with van der Waals surface area (Å²) in [7, 11) is 0. The zero-order chi connectivity index (χ0) is 15.2. The second-order valence-electron chi connectivity index (χ2n) is 4.39. The lowest BCUT2D eigenvalue weighted by atomic mass is 10.3. The van der Waals surface area contributed by atoms with E-state index >= 15 is 0 Å². The number of nitrogens with zero attached hydrogens (tertiary/aromatic N) is 1. The number of rotatable bonds is 5. The number of nitrogens with one attached hydrogen (secondary N) is 1. The number of amides is 3. The second kappa shape index (κ2) is 6.74. The van der Waals surface area contributed by atoms with E-state index in [1.165, 1.54) is 0 Å². The molecule has 112 valence electrons. The molecule has 0 radical (unpaired) electrons. The maximum Gasteiger partial charge on any atom is 0.261 e. The van der Waals surface area contributed by atoms with E-state index in [9.17, 15) is 14.4 Å². The molecule has 1 heterocycles. The molecule has 0 unspecified atom stereocenters. The summed E-state index contributed by atoms with van der Waals surface area (Å²) in [4.78, 5) is 35.5. The lowest BCUT2D eigenvalue weighted by Crippen LogP contribution is -2.54. The van der Waals surface area contributed by atoms with Gasteiger partial charge < -0.3 is 14.4 Å². The molecule has 1 N–H and O–H groups in total. The third kappa shape index (κ3) is 3.95. The van der Waals surface area contributed by atoms with Crippen LogP contribution in [0.4, 0.5) is 0 Å². The van der Waals surface area contributed by atoms with E-state index in [4.69, 9.17) is 9.47 Å². The Morgan fingerprint density at radius 3 is 2.29 bits per heavy atom. The first-order valence-corrected chi connectivity index (χ1v) is 6.55. The predicted octanol–water partition coefficient (Wildman–Crippen LogP) is -0.0509. The van der Waals surface area contributed by atoms with Gasteiger partial charge in [-0.15, -0.1) is 0 Å². The Morgan fingerprint density at radius 2 is 1.71 bits per heavy atom. The summed E-state index contributed by atoms with van der Waals surface area (Å²) in [6.45, 7) is 1.79. The maximum atomic E-state index is 12.0. The van der Waals surface area contributed by atoms with Crippen LogP contribution >= 0.6 is 0 Å². The van der Waals surface area contributed by atoms with Gasteiger partial charge in [-0.3, -0.25) is 19.7 Å². The van der Waals surface area contributed by atoms with Crippen molar-refractivity contribution < 1.29 is 23.9 Å². The van der Waals surface area contributed by atoms with Crippen molar-refractivity contribution in [2.75, 3.05) is 26.3 Å². The topological polar surface area (TPSA) is 84.9 Å². The van der Waals surface area contributed by atoms with Crippen molar-refractivity contribution in [2.24, 2.45) is 0 Å². The van der Waals surface area contributed by atoms with E-state index in [-0.39, 0.29) is 19.7 Å². The molecule has 0 spiro atoms. The third-order valence-electron chi connectivity index (χ3n) is 2.80. The van der Waals surface area contributed by atoms with Crippen molar-refractivity contribution in [1.29, 1.82) is 0 Å². The molecule has 3 amide bonds. The Labute approximate surface area is 121 Å². The Hall–Kier alpha value is -2.57. The quantitative estimate of drug-likeness (QED) is 0.769. The van der Waals surface area contributed by atoms with E-state index in [2.05, 4.69) is 5.32 Å². The minimum atomic E-state index is -0.491. The lowest BCUT2D eigenvalue weighted by Gasteiger charge is -2.25. The van der Waals surface area contributed by atoms with Crippen molar-refractivity contribution in [1.82, 2.24) is 10.2 Å². The standard InChI is InChI=1S/C14H16N2O5/c1-2-20-10-5-3-4-6-11(10)21-9-14(19)16-7-12(17)15-13(18)8-16/h3-6H,2,7-9H2,1H3,(H,15,17,18). The van der Waals surface area contributed by atoms with Gasteiger partial charge in [-0.25, -0.2) is 0 Å². The van der Waals surface area contributed by atoms with E-state index < -0.39 is 17.7 Å². The van der Waals surface area contributed by atoms with Gasteiger partial charge in [0.15, 0.2) is 18.1 Å². The fraction of sp³-hybridized carbons (Fsp3) is 0.357. The van der Waals surface area contributed by atoms with Crippen LogP contribution in [-0.4, -0.2) is 48.9 Å². The van der Waals surface area contributed by atoms with Gasteiger partial charge in [0, 0.05) is 0 Å². The van der Waals surface area contributed by atoms with Crippen LogP contribution in [0.2, 0.25) is 0 Å². The molecule has 1 aliphatic heterocycles. The molecule has 0 aliphatic carbocycles. The molecule has 1 aromatic rings. The molecule has 1 aromatic carbocycles. The highest BCUT2D eigenvalue weighted by Crippen LogP contribution is 2.26. The normalized spacial score (nSPS) is 14.6. The van der Waals surface area contributed by atoms with Crippen LogP contribution in [0.1, 0.15) is 6.92 Å². The maximum absolute atomic E-state index is 12.0. The number of hydrogen-bond donors (Lipinski definition) is 1. The largest absolute Gasteiger partial charge is 0.490 e. The van der Waals surface area contributed by atoms with Crippen LogP contribution in [0.5, 0.6) is 11.5 Å². The van der Waals surface area contributed by atoms with Crippen molar-refractivity contribution in [3.05, 3.63) is 24.3 Å². The molecule has 1 fully saturated rings. The molecule has 1 aliphatic rings. The average Bonchev–Trinajstić information content (AvgIpc) is 2.45. The Kier molecular flexibility index (Phi) is 4.76. The molecule has 2 rings (SSSR count). The molecule has 0 bridgehead atoms. The average molecular weight is 292 g/mol. The highest BCUT2D eigenvalue weighted by molar-refractivity contribution is 6.02. The Balaban J connectivity index is 1.95. The van der Waals surface area contributed by atoms with Gasteiger partial charge >= 0.3 is 0 Å². The molecule has 1 saturated heterocycles. The summed E-state index contributed by atoms with van der Waals surface area (Å²) < 4.78 is 10.8. The lowest BCUT2D eigenvalue weighted by molar-refractivity contribution is -0.146. The van der Waals surface area contributed by atoms with Gasteiger partial charge in [0.25, 0.3) is 5.91 Å². The molecule has 7 heteroatoms. The van der Waals surface area contributed by atoms with Crippen molar-refractivity contribution in [2.45, 2.75) is 6.92 Å². The first-order valence-electron chi connectivity index (χ1n) is 6.55. The minimum Gasteiger partial charge on any atom is -0.490 e. The highest BCUT2D eigenvalue weighted by Gasteiger charge is 2.26. The highest BCUT2D eigenvalue weighted by atomic mass is 16.5. The SMILES string of the molecule is CCOc1ccccc1OCC(=O)N1CC(=O)NC(=O)C1. The zero-order valence-electron chi connectivity index (χ0n) is 11.6. The molecule has 21 heavy (non-hydrogen) atoms. The van der Waals surface area contributed by atoms with Gasteiger partial charge in [0.1, 0.15) is 13.1 Å². The predicted molar refractivity (Wildman–Crippen MR) is 72.8 cm³/mol. The van der Waals surface area contributed by atoms with Gasteiger partial charge in [0.2, 0.25) is 11.8 Å². The van der Waals surface area contributed by atoms with Crippen LogP contribution in [-0.2, 0) is 14.4 Å². The smallest absolute Gasteiger partial charge is 0.261 e. The van der Waals surface area contributed by atoms with Gasteiger partial charge in [0.05, 0.1) is 6.61 Å². The molecule has 7 nitrogen and oxygen atoms in total. The first kappa shape index (κ1) is 14.8. The van der Waals surface area contributed by atoms with Crippen LogP contribution in [0.15, 0.2) is 24.3 Å². The Morgan fingerprint density at radius 1 is 1.14 bits per heavy atom. The van der Waals surface area contributed by atoms with Gasteiger partial charge in [-0.1, -0.05) is 12.1 Å². The van der Waals surface area contributed by atoms with Crippen LogP contribution in [0.25, 0.3) is 0 Å². The molecular weight excluding hydrogens is 276 g/mol. The fourth-order valence-corrected chi connectivity index (χ4v) is 1.89. The fourth-order valence-electron chi connectivity index (χ4n) is 1.89. The number of hydrogen-bond acceptors (Lipinski definition) is 5. The number of imide groups is 1. The van der Waals surface area contributed by atoms with Crippen molar-refractivity contribution in [3.8, 4) is 11.5 Å². The van der Waals surface area contributed by atoms with E-state index in [0.29, 0.717) is 18.1 Å². The summed E-state index contributed by atoms with van der Waals surface area (Å²) in [6.07, 6.45) is 0. The monoisotopic (exact) mass is 292 g/mol. The summed E-state index contributed by atoms with van der Waals surface area (Å²) in [6, 6.07) is 6.99. The second-order valence-corrected chi connectivity index (χ2v) is 4.39. The summed E-state index contributed by atoms with van der Waals surface area (Å²) in [5.41, 5.74) is 0. The van der Waals surface area contributed by atoms with Crippen LogP contribution in [0, 0.1) is 0 Å². The molecule has 0 saturated carbocycles. The summed E-state index contributed by atoms with van der Waals surface area (Å²) >= 11 is 0. The van der Waals surface area contributed by atoms with E-state index in [1.54, 1.807) is 24.3 Å². The van der Waals surface area contributed by atoms with E-state index in [1.807, 2.05) is 6.92 Å². The number of carbonyl (C=O) groups is 3. The van der Waals surface area contributed by atoms with Gasteiger partial charge in [-0.2, -0.15) is 0 Å². The van der Waals surface area contributed by atoms with Crippen molar-refractivity contribution >= 4 is 17.7 Å². The summed E-state index contributed by atoms with van der Waals surface area (Å²) in [5.74, 6) is -0.422. The molecule has 0 atom stereocenters. The zero-order valence-corrected chi connectivity index (χ0v) is 11.6. The van der Waals surface area contributed by atoms with Crippen LogP contribution < -0.4 is 14.8 Å². The number of ether oxygens (including phenoxy) is 2.